The van der Waals surface area contributed by atoms with Crippen molar-refractivity contribution in [1.29, 1.82) is 0 Å². The normalized spacial score (nSPS) is 12.0. The highest BCUT2D eigenvalue weighted by Crippen LogP contribution is 2.27. The molecule has 0 aliphatic carbocycles. The van der Waals surface area contributed by atoms with Crippen molar-refractivity contribution in [3.8, 4) is 0 Å². The van der Waals surface area contributed by atoms with E-state index in [1.807, 2.05) is 14.0 Å². The fourth-order valence-corrected chi connectivity index (χ4v) is 2.30. The van der Waals surface area contributed by atoms with Gasteiger partial charge in [0.25, 0.3) is 0 Å². The largest absolute Gasteiger partial charge is 0.369 e. The molecule has 0 radical (unpaired) electrons. The van der Waals surface area contributed by atoms with Crippen LogP contribution < -0.4 is 5.32 Å². The summed E-state index contributed by atoms with van der Waals surface area (Å²) >= 11 is 1.68. The standard InChI is InChI=1S/C11H20N2OS/c1-5-14-11(2,3)10-13-9(8-15-10)6-7-12-4/h8,12H,5-7H2,1-4H3. The first-order valence-corrected chi connectivity index (χ1v) is 6.21. The maximum Gasteiger partial charge on any atom is 0.124 e. The first-order valence-electron chi connectivity index (χ1n) is 5.33. The summed E-state index contributed by atoms with van der Waals surface area (Å²) in [5.74, 6) is 0. The molecule has 0 spiro atoms. The second kappa shape index (κ2) is 5.58. The Hall–Kier alpha value is -0.450. The fraction of sp³-hybridized carbons (Fsp3) is 0.727. The van der Waals surface area contributed by atoms with Crippen molar-refractivity contribution >= 4 is 11.3 Å². The van der Waals surface area contributed by atoms with E-state index in [1.165, 1.54) is 0 Å². The van der Waals surface area contributed by atoms with Crippen molar-refractivity contribution in [2.24, 2.45) is 0 Å². The van der Waals surface area contributed by atoms with Gasteiger partial charge in [-0.3, -0.25) is 0 Å². The summed E-state index contributed by atoms with van der Waals surface area (Å²) in [5, 5.41) is 6.31. The zero-order valence-corrected chi connectivity index (χ0v) is 10.8. The molecule has 0 bridgehead atoms. The van der Waals surface area contributed by atoms with Gasteiger partial charge in [0.15, 0.2) is 0 Å². The number of ether oxygens (including phenoxy) is 1. The smallest absolute Gasteiger partial charge is 0.124 e. The Balaban J connectivity index is 2.66. The highest BCUT2D eigenvalue weighted by atomic mass is 32.1. The maximum atomic E-state index is 5.67. The van der Waals surface area contributed by atoms with Crippen molar-refractivity contribution in [2.45, 2.75) is 32.8 Å². The molecule has 1 rings (SSSR count). The van der Waals surface area contributed by atoms with Crippen LogP contribution in [0.1, 0.15) is 31.5 Å². The van der Waals surface area contributed by atoms with Gasteiger partial charge in [-0.25, -0.2) is 4.98 Å². The molecule has 0 aliphatic rings. The van der Waals surface area contributed by atoms with E-state index < -0.39 is 0 Å². The van der Waals surface area contributed by atoms with Crippen LogP contribution in [0.2, 0.25) is 0 Å². The Morgan fingerprint density at radius 2 is 2.27 bits per heavy atom. The van der Waals surface area contributed by atoms with Crippen molar-refractivity contribution < 1.29 is 4.74 Å². The lowest BCUT2D eigenvalue weighted by Gasteiger charge is -2.21. The van der Waals surface area contributed by atoms with Crippen LogP contribution in [0.3, 0.4) is 0 Å². The van der Waals surface area contributed by atoms with Crippen LogP contribution >= 0.6 is 11.3 Å². The quantitative estimate of drug-likeness (QED) is 0.810. The molecule has 1 N–H and O–H groups in total. The van der Waals surface area contributed by atoms with Gasteiger partial charge in [-0.1, -0.05) is 0 Å². The lowest BCUT2D eigenvalue weighted by molar-refractivity contribution is -0.0142. The molecule has 0 unspecified atom stereocenters. The van der Waals surface area contributed by atoms with Gasteiger partial charge in [0.05, 0.1) is 5.69 Å². The summed E-state index contributed by atoms with van der Waals surface area (Å²) < 4.78 is 5.67. The summed E-state index contributed by atoms with van der Waals surface area (Å²) in [6.45, 7) is 7.84. The summed E-state index contributed by atoms with van der Waals surface area (Å²) in [5.41, 5.74) is 0.897. The van der Waals surface area contributed by atoms with Crippen molar-refractivity contribution in [3.63, 3.8) is 0 Å². The van der Waals surface area contributed by atoms with E-state index in [0.29, 0.717) is 0 Å². The maximum absolute atomic E-state index is 5.67. The van der Waals surface area contributed by atoms with E-state index >= 15 is 0 Å². The molecule has 0 aromatic carbocycles. The Kier molecular flexibility index (Phi) is 4.70. The van der Waals surface area contributed by atoms with Crippen molar-refractivity contribution in [1.82, 2.24) is 10.3 Å². The van der Waals surface area contributed by atoms with Crippen LogP contribution in [0.4, 0.5) is 0 Å². The number of hydrogen-bond donors (Lipinski definition) is 1. The summed E-state index contributed by atoms with van der Waals surface area (Å²) in [4.78, 5) is 4.59. The molecule has 0 saturated heterocycles. The fourth-order valence-electron chi connectivity index (χ4n) is 1.37. The molecule has 0 aliphatic heterocycles. The molecule has 15 heavy (non-hydrogen) atoms. The minimum Gasteiger partial charge on any atom is -0.369 e. The van der Waals surface area contributed by atoms with E-state index in [0.717, 1.165) is 30.3 Å². The van der Waals surface area contributed by atoms with Gasteiger partial charge in [0, 0.05) is 25.0 Å². The molecule has 3 nitrogen and oxygen atoms in total. The second-order valence-electron chi connectivity index (χ2n) is 3.94. The Morgan fingerprint density at radius 1 is 1.53 bits per heavy atom. The molecule has 4 heteroatoms. The van der Waals surface area contributed by atoms with Crippen LogP contribution in [-0.2, 0) is 16.8 Å². The monoisotopic (exact) mass is 228 g/mol. The first kappa shape index (κ1) is 12.6. The number of nitrogens with zero attached hydrogens (tertiary/aromatic N) is 1. The molecule has 1 aromatic rings. The van der Waals surface area contributed by atoms with Gasteiger partial charge in [-0.05, 0) is 27.8 Å². The lowest BCUT2D eigenvalue weighted by Crippen LogP contribution is -2.21. The number of hydrogen-bond acceptors (Lipinski definition) is 4. The number of rotatable bonds is 6. The molecule has 1 heterocycles. The number of likely N-dealkylation sites (N-methyl/N-ethyl adjacent to an activating group) is 1. The summed E-state index contributed by atoms with van der Waals surface area (Å²) in [6.07, 6.45) is 0.981. The zero-order valence-electron chi connectivity index (χ0n) is 9.96. The SMILES string of the molecule is CCOC(C)(C)c1nc(CCNC)cs1. The van der Waals surface area contributed by atoms with E-state index in [2.05, 4.69) is 29.5 Å². The van der Waals surface area contributed by atoms with Gasteiger partial charge < -0.3 is 10.1 Å². The van der Waals surface area contributed by atoms with Gasteiger partial charge in [0.1, 0.15) is 10.6 Å². The van der Waals surface area contributed by atoms with Crippen molar-refractivity contribution in [2.75, 3.05) is 20.2 Å². The lowest BCUT2D eigenvalue weighted by atomic mass is 10.1. The van der Waals surface area contributed by atoms with Crippen LogP contribution in [0, 0.1) is 0 Å². The third-order valence-electron chi connectivity index (χ3n) is 2.20. The average Bonchev–Trinajstić information content (AvgIpc) is 2.63. The van der Waals surface area contributed by atoms with Crippen LogP contribution in [0.15, 0.2) is 5.38 Å². The van der Waals surface area contributed by atoms with Gasteiger partial charge in [-0.15, -0.1) is 11.3 Å². The third kappa shape index (κ3) is 3.55. The topological polar surface area (TPSA) is 34.1 Å². The molecule has 0 atom stereocenters. The van der Waals surface area contributed by atoms with Gasteiger partial charge in [0.2, 0.25) is 0 Å². The van der Waals surface area contributed by atoms with Crippen LogP contribution in [0.5, 0.6) is 0 Å². The summed E-state index contributed by atoms with van der Waals surface area (Å²) in [6, 6.07) is 0. The van der Waals surface area contributed by atoms with E-state index in [4.69, 9.17) is 4.74 Å². The van der Waals surface area contributed by atoms with Crippen LogP contribution in [-0.4, -0.2) is 25.2 Å². The van der Waals surface area contributed by atoms with Crippen LogP contribution in [0.25, 0.3) is 0 Å². The van der Waals surface area contributed by atoms with Gasteiger partial charge >= 0.3 is 0 Å². The minimum atomic E-state index is -0.253. The Bertz CT molecular complexity index is 297. The first-order chi connectivity index (χ1) is 7.10. The average molecular weight is 228 g/mol. The second-order valence-corrected chi connectivity index (χ2v) is 4.80. The highest BCUT2D eigenvalue weighted by Gasteiger charge is 2.24. The number of aromatic nitrogens is 1. The van der Waals surface area contributed by atoms with Crippen molar-refractivity contribution in [3.05, 3.63) is 16.1 Å². The minimum absolute atomic E-state index is 0.253. The number of thiazole rings is 1. The molecular formula is C11H20N2OS. The van der Waals surface area contributed by atoms with E-state index in [1.54, 1.807) is 11.3 Å². The predicted molar refractivity (Wildman–Crippen MR) is 64.4 cm³/mol. The molecule has 86 valence electrons. The zero-order chi connectivity index (χ0) is 11.3. The Labute approximate surface area is 95.9 Å². The molecule has 1 aromatic heterocycles. The summed E-state index contributed by atoms with van der Waals surface area (Å²) in [7, 11) is 1.96. The molecular weight excluding hydrogens is 208 g/mol. The third-order valence-corrected chi connectivity index (χ3v) is 3.40. The predicted octanol–water partition coefficient (Wildman–Crippen LogP) is 2.18. The molecule has 0 saturated carbocycles. The van der Waals surface area contributed by atoms with E-state index in [9.17, 15) is 0 Å². The van der Waals surface area contributed by atoms with Gasteiger partial charge in [-0.2, -0.15) is 0 Å². The molecule has 0 fully saturated rings. The Morgan fingerprint density at radius 3 is 2.87 bits per heavy atom. The van der Waals surface area contributed by atoms with E-state index in [-0.39, 0.29) is 5.60 Å². The number of nitrogens with one attached hydrogen (secondary N) is 1. The molecule has 0 amide bonds. The highest BCUT2D eigenvalue weighted by molar-refractivity contribution is 7.09.